The second kappa shape index (κ2) is 11.0. The molecule has 0 spiro atoms. The van der Waals surface area contributed by atoms with Gasteiger partial charge in [-0.15, -0.1) is 16.8 Å². The second-order valence-corrected chi connectivity index (χ2v) is 7.13. The number of likely N-dealkylation sites (N-methyl/N-ethyl adjacent to an activating group) is 1. The van der Waals surface area contributed by atoms with E-state index in [2.05, 4.69) is 32.3 Å². The highest BCUT2D eigenvalue weighted by molar-refractivity contribution is 7.99. The zero-order chi connectivity index (χ0) is 18.8. The first-order chi connectivity index (χ1) is 12.6. The second-order valence-electron chi connectivity index (χ2n) is 6.19. The summed E-state index contributed by atoms with van der Waals surface area (Å²) in [5.41, 5.74) is 0. The molecule has 26 heavy (non-hydrogen) atoms. The molecule has 9 heteroatoms. The van der Waals surface area contributed by atoms with Gasteiger partial charge < -0.3 is 20.1 Å². The highest BCUT2D eigenvalue weighted by atomic mass is 32.2. The van der Waals surface area contributed by atoms with E-state index in [4.69, 9.17) is 0 Å². The number of nitrogens with zero attached hydrogens (tertiary/aromatic N) is 4. The first kappa shape index (κ1) is 20.4. The smallest absolute Gasteiger partial charge is 0.239 e. The summed E-state index contributed by atoms with van der Waals surface area (Å²) in [6.07, 6.45) is 6.51. The number of amides is 2. The molecule has 0 aromatic carbocycles. The van der Waals surface area contributed by atoms with Gasteiger partial charge in [0.05, 0.1) is 12.3 Å². The zero-order valence-electron chi connectivity index (χ0n) is 15.4. The molecule has 0 radical (unpaired) electrons. The minimum absolute atomic E-state index is 0.0175. The van der Waals surface area contributed by atoms with Gasteiger partial charge >= 0.3 is 0 Å². The van der Waals surface area contributed by atoms with Crippen molar-refractivity contribution >= 4 is 23.6 Å². The van der Waals surface area contributed by atoms with Crippen molar-refractivity contribution in [3.8, 4) is 0 Å². The predicted molar refractivity (Wildman–Crippen MR) is 102 cm³/mol. The molecule has 1 aliphatic rings. The van der Waals surface area contributed by atoms with E-state index in [1.807, 2.05) is 10.6 Å². The lowest BCUT2D eigenvalue weighted by Crippen LogP contribution is -2.36. The van der Waals surface area contributed by atoms with Crippen LogP contribution in [-0.2, 0) is 22.6 Å². The van der Waals surface area contributed by atoms with Crippen molar-refractivity contribution in [2.24, 2.45) is 0 Å². The molecule has 1 aromatic heterocycles. The van der Waals surface area contributed by atoms with Crippen LogP contribution < -0.4 is 10.6 Å². The van der Waals surface area contributed by atoms with Gasteiger partial charge in [0, 0.05) is 26.6 Å². The molecule has 0 aliphatic carbocycles. The van der Waals surface area contributed by atoms with Gasteiger partial charge in [0.25, 0.3) is 0 Å². The van der Waals surface area contributed by atoms with Gasteiger partial charge in [-0.2, -0.15) is 0 Å². The average molecular weight is 381 g/mol. The van der Waals surface area contributed by atoms with E-state index in [1.165, 1.54) is 38.1 Å². The van der Waals surface area contributed by atoms with Gasteiger partial charge in [0.15, 0.2) is 5.16 Å². The molecule has 1 fully saturated rings. The van der Waals surface area contributed by atoms with Crippen LogP contribution in [0.3, 0.4) is 0 Å². The van der Waals surface area contributed by atoms with Crippen LogP contribution in [0.2, 0.25) is 0 Å². The molecular formula is C17H28N6O2S. The summed E-state index contributed by atoms with van der Waals surface area (Å²) in [6, 6.07) is 0. The Hall–Kier alpha value is -1.87. The molecule has 1 aromatic rings. The Balaban J connectivity index is 1.87. The van der Waals surface area contributed by atoms with Crippen LogP contribution in [0.4, 0.5) is 0 Å². The Morgan fingerprint density at radius 3 is 2.69 bits per heavy atom. The predicted octanol–water partition coefficient (Wildman–Crippen LogP) is 0.447. The lowest BCUT2D eigenvalue weighted by atomic mass is 10.1. The molecule has 0 unspecified atom stereocenters. The molecule has 2 amide bonds. The van der Waals surface area contributed by atoms with Gasteiger partial charge in [-0.1, -0.05) is 24.3 Å². The number of carbonyl (C=O) groups excluding carboxylic acids is 2. The van der Waals surface area contributed by atoms with Gasteiger partial charge in [-0.3, -0.25) is 9.59 Å². The number of piperidine rings is 1. The standard InChI is InChI=1S/C17H28N6O2S/c1-3-8-23-14(7-11-22-9-5-4-6-10-22)20-21-17(23)26-13-16(25)19-12-15(24)18-2/h3H,1,4-13H2,2H3,(H,18,24)(H,19,25). The van der Waals surface area contributed by atoms with Crippen LogP contribution in [0.1, 0.15) is 25.1 Å². The van der Waals surface area contributed by atoms with Gasteiger partial charge in [-0.05, 0) is 25.9 Å². The SMILES string of the molecule is C=CCn1c(CCN2CCCCC2)nnc1SCC(=O)NCC(=O)NC. The molecule has 2 N–H and O–H groups in total. The highest BCUT2D eigenvalue weighted by Gasteiger charge is 2.16. The maximum atomic E-state index is 11.8. The lowest BCUT2D eigenvalue weighted by Gasteiger charge is -2.26. The summed E-state index contributed by atoms with van der Waals surface area (Å²) in [5, 5.41) is 14.3. The average Bonchev–Trinajstić information content (AvgIpc) is 3.05. The molecule has 144 valence electrons. The number of aromatic nitrogens is 3. The first-order valence-electron chi connectivity index (χ1n) is 8.99. The first-order valence-corrected chi connectivity index (χ1v) is 9.98. The largest absolute Gasteiger partial charge is 0.358 e. The van der Waals surface area contributed by atoms with E-state index in [1.54, 1.807) is 0 Å². The number of nitrogens with one attached hydrogen (secondary N) is 2. The van der Waals surface area contributed by atoms with Crippen LogP contribution >= 0.6 is 11.8 Å². The van der Waals surface area contributed by atoms with Gasteiger partial charge in [0.1, 0.15) is 5.82 Å². The van der Waals surface area contributed by atoms with Gasteiger partial charge in [0.2, 0.25) is 11.8 Å². The Morgan fingerprint density at radius 1 is 1.23 bits per heavy atom. The summed E-state index contributed by atoms with van der Waals surface area (Å²) in [6.45, 7) is 7.69. The molecule has 0 atom stereocenters. The Kier molecular flexibility index (Phi) is 8.63. The van der Waals surface area contributed by atoms with E-state index < -0.39 is 0 Å². The molecule has 2 rings (SSSR count). The minimum Gasteiger partial charge on any atom is -0.358 e. The summed E-state index contributed by atoms with van der Waals surface area (Å²) in [5.74, 6) is 0.682. The van der Waals surface area contributed by atoms with Crippen LogP contribution in [0.25, 0.3) is 0 Å². The van der Waals surface area contributed by atoms with E-state index >= 15 is 0 Å². The van der Waals surface area contributed by atoms with Crippen molar-refractivity contribution in [1.82, 2.24) is 30.3 Å². The van der Waals surface area contributed by atoms with Crippen molar-refractivity contribution in [3.63, 3.8) is 0 Å². The highest BCUT2D eigenvalue weighted by Crippen LogP contribution is 2.18. The summed E-state index contributed by atoms with van der Waals surface area (Å²) in [4.78, 5) is 25.5. The molecule has 1 saturated heterocycles. The Bertz CT molecular complexity index is 612. The summed E-state index contributed by atoms with van der Waals surface area (Å²) in [7, 11) is 1.53. The lowest BCUT2D eigenvalue weighted by molar-refractivity contribution is -0.124. The number of carbonyl (C=O) groups is 2. The Labute approximate surface area is 158 Å². The van der Waals surface area contributed by atoms with Crippen LogP contribution in [-0.4, -0.2) is 70.5 Å². The van der Waals surface area contributed by atoms with Crippen molar-refractivity contribution in [3.05, 3.63) is 18.5 Å². The van der Waals surface area contributed by atoms with Gasteiger partial charge in [-0.25, -0.2) is 0 Å². The fraction of sp³-hybridized carbons (Fsp3) is 0.647. The van der Waals surface area contributed by atoms with Crippen molar-refractivity contribution in [1.29, 1.82) is 0 Å². The number of allylic oxidation sites excluding steroid dienone is 1. The van der Waals surface area contributed by atoms with Crippen LogP contribution in [0.5, 0.6) is 0 Å². The summed E-state index contributed by atoms with van der Waals surface area (Å²) >= 11 is 1.32. The number of rotatable bonds is 10. The third-order valence-corrected chi connectivity index (χ3v) is 5.23. The number of thioether (sulfide) groups is 1. The van der Waals surface area contributed by atoms with E-state index in [-0.39, 0.29) is 24.1 Å². The van der Waals surface area contributed by atoms with Crippen LogP contribution in [0, 0.1) is 0 Å². The van der Waals surface area contributed by atoms with Crippen molar-refractivity contribution in [2.45, 2.75) is 37.4 Å². The third-order valence-electron chi connectivity index (χ3n) is 4.26. The summed E-state index contributed by atoms with van der Waals surface area (Å²) < 4.78 is 2.01. The molecule has 0 bridgehead atoms. The maximum Gasteiger partial charge on any atom is 0.239 e. The van der Waals surface area contributed by atoms with E-state index in [9.17, 15) is 9.59 Å². The third kappa shape index (κ3) is 6.45. The monoisotopic (exact) mass is 380 g/mol. The number of likely N-dealkylation sites (tertiary alicyclic amines) is 1. The normalized spacial score (nSPS) is 14.8. The molecule has 2 heterocycles. The quantitative estimate of drug-likeness (QED) is 0.452. The molecule has 1 aliphatic heterocycles. The molecular weight excluding hydrogens is 352 g/mol. The molecule has 0 saturated carbocycles. The van der Waals surface area contributed by atoms with E-state index in [0.29, 0.717) is 11.7 Å². The van der Waals surface area contributed by atoms with E-state index in [0.717, 1.165) is 31.9 Å². The fourth-order valence-corrected chi connectivity index (χ4v) is 3.61. The fourth-order valence-electron chi connectivity index (χ4n) is 2.81. The van der Waals surface area contributed by atoms with Crippen LogP contribution in [0.15, 0.2) is 17.8 Å². The number of hydrogen-bond donors (Lipinski definition) is 2. The zero-order valence-corrected chi connectivity index (χ0v) is 16.2. The van der Waals surface area contributed by atoms with Crippen molar-refractivity contribution < 1.29 is 9.59 Å². The molecule has 8 nitrogen and oxygen atoms in total. The number of hydrogen-bond acceptors (Lipinski definition) is 6. The Morgan fingerprint density at radius 2 is 2.00 bits per heavy atom. The van der Waals surface area contributed by atoms with Crippen molar-refractivity contribution in [2.75, 3.05) is 39.0 Å². The maximum absolute atomic E-state index is 11.8. The topological polar surface area (TPSA) is 92.2 Å². The minimum atomic E-state index is -0.224.